The minimum absolute atomic E-state index is 0.285. The van der Waals surface area contributed by atoms with E-state index in [1.165, 1.54) is 0 Å². The molecule has 3 aromatic carbocycles. The number of esters is 1. The van der Waals surface area contributed by atoms with Gasteiger partial charge in [0, 0.05) is 5.02 Å². The number of hydrogen-bond donors (Lipinski definition) is 1. The van der Waals surface area contributed by atoms with Gasteiger partial charge in [-0.1, -0.05) is 66.2 Å². The lowest BCUT2D eigenvalue weighted by atomic mass is 10.1. The van der Waals surface area contributed by atoms with Crippen LogP contribution in [0.5, 0.6) is 0 Å². The number of carbonyl (C=O) groups is 2. The van der Waals surface area contributed by atoms with Crippen LogP contribution < -0.4 is 5.32 Å². The maximum Gasteiger partial charge on any atom is 0.339 e. The van der Waals surface area contributed by atoms with Crippen LogP contribution in [-0.4, -0.2) is 18.5 Å². The fraction of sp³-hybridized carbons (Fsp3) is 0.143. The Kier molecular flexibility index (Phi) is 5.54. The van der Waals surface area contributed by atoms with E-state index in [-0.39, 0.29) is 18.6 Å². The summed E-state index contributed by atoms with van der Waals surface area (Å²) in [7, 11) is 0. The molecule has 0 aromatic heterocycles. The van der Waals surface area contributed by atoms with E-state index in [2.05, 4.69) is 5.32 Å². The highest BCUT2D eigenvalue weighted by Crippen LogP contribution is 2.22. The van der Waals surface area contributed by atoms with Gasteiger partial charge in [0.05, 0.1) is 11.6 Å². The third-order valence-corrected chi connectivity index (χ3v) is 4.44. The molecule has 0 spiro atoms. The first kappa shape index (κ1) is 18.0. The Hall–Kier alpha value is -2.85. The van der Waals surface area contributed by atoms with Gasteiger partial charge >= 0.3 is 5.97 Å². The van der Waals surface area contributed by atoms with Gasteiger partial charge in [0.25, 0.3) is 5.91 Å². The first-order valence-electron chi connectivity index (χ1n) is 8.25. The van der Waals surface area contributed by atoms with E-state index in [9.17, 15) is 9.59 Å². The summed E-state index contributed by atoms with van der Waals surface area (Å²) in [5, 5.41) is 5.10. The molecule has 0 aliphatic heterocycles. The molecule has 1 atom stereocenters. The van der Waals surface area contributed by atoms with Crippen LogP contribution >= 0.6 is 11.6 Å². The zero-order valence-corrected chi connectivity index (χ0v) is 15.0. The van der Waals surface area contributed by atoms with Gasteiger partial charge in [0.1, 0.15) is 0 Å². The van der Waals surface area contributed by atoms with E-state index < -0.39 is 5.97 Å². The Morgan fingerprint density at radius 1 is 1.00 bits per heavy atom. The van der Waals surface area contributed by atoms with Gasteiger partial charge in [-0.25, -0.2) is 4.79 Å². The van der Waals surface area contributed by atoms with Gasteiger partial charge in [-0.15, -0.1) is 0 Å². The molecule has 0 bridgehead atoms. The summed E-state index contributed by atoms with van der Waals surface area (Å²) in [6.45, 7) is 1.47. The van der Waals surface area contributed by atoms with Crippen molar-refractivity contribution in [2.24, 2.45) is 0 Å². The van der Waals surface area contributed by atoms with Crippen LogP contribution in [0.2, 0.25) is 5.02 Å². The van der Waals surface area contributed by atoms with E-state index in [0.717, 1.165) is 16.3 Å². The summed E-state index contributed by atoms with van der Waals surface area (Å²) in [6, 6.07) is 19.9. The summed E-state index contributed by atoms with van der Waals surface area (Å²) >= 11 is 6.13. The zero-order valence-electron chi connectivity index (χ0n) is 14.2. The molecular formula is C21H18ClNO3. The lowest BCUT2D eigenvalue weighted by Crippen LogP contribution is -2.31. The monoisotopic (exact) mass is 367 g/mol. The lowest BCUT2D eigenvalue weighted by Gasteiger charge is -2.15. The molecule has 3 rings (SSSR count). The summed E-state index contributed by atoms with van der Waals surface area (Å²) < 4.78 is 5.18. The van der Waals surface area contributed by atoms with Crippen molar-refractivity contribution in [2.45, 2.75) is 13.0 Å². The molecule has 26 heavy (non-hydrogen) atoms. The number of benzene rings is 3. The Balaban J connectivity index is 1.62. The predicted molar refractivity (Wildman–Crippen MR) is 102 cm³/mol. The van der Waals surface area contributed by atoms with Crippen molar-refractivity contribution in [1.82, 2.24) is 5.32 Å². The molecule has 132 valence electrons. The molecule has 1 amide bonds. The number of rotatable bonds is 5. The Bertz CT molecular complexity index is 949. The van der Waals surface area contributed by atoms with Crippen molar-refractivity contribution in [3.63, 3.8) is 0 Å². The van der Waals surface area contributed by atoms with Crippen LogP contribution in [0.3, 0.4) is 0 Å². The predicted octanol–water partition coefficient (Wildman–Crippen LogP) is 4.53. The van der Waals surface area contributed by atoms with E-state index in [0.29, 0.717) is 10.6 Å². The smallest absolute Gasteiger partial charge is 0.339 e. The Morgan fingerprint density at radius 2 is 1.69 bits per heavy atom. The summed E-state index contributed by atoms with van der Waals surface area (Å²) in [5.41, 5.74) is 1.25. The van der Waals surface area contributed by atoms with Crippen molar-refractivity contribution < 1.29 is 14.3 Å². The minimum Gasteiger partial charge on any atom is -0.452 e. The SMILES string of the molecule is C[C@H](NC(=O)COC(=O)c1cccc2ccccc12)c1ccccc1Cl. The molecule has 5 heteroatoms. The third kappa shape index (κ3) is 4.03. The van der Waals surface area contributed by atoms with Gasteiger partial charge in [-0.3, -0.25) is 4.79 Å². The normalized spacial score (nSPS) is 11.8. The fourth-order valence-electron chi connectivity index (χ4n) is 2.80. The van der Waals surface area contributed by atoms with Gasteiger partial charge < -0.3 is 10.1 Å². The van der Waals surface area contributed by atoms with Crippen LogP contribution in [0.4, 0.5) is 0 Å². The van der Waals surface area contributed by atoms with Gasteiger partial charge in [-0.05, 0) is 35.4 Å². The van der Waals surface area contributed by atoms with E-state index in [1.807, 2.05) is 55.5 Å². The number of ether oxygens (including phenoxy) is 1. The molecule has 0 saturated carbocycles. The van der Waals surface area contributed by atoms with Crippen molar-refractivity contribution in [3.05, 3.63) is 82.9 Å². The summed E-state index contributed by atoms with van der Waals surface area (Å²) in [6.07, 6.45) is 0. The topological polar surface area (TPSA) is 55.4 Å². The molecule has 0 aliphatic rings. The summed E-state index contributed by atoms with van der Waals surface area (Å²) in [5.74, 6) is -0.909. The minimum atomic E-state index is -0.526. The zero-order chi connectivity index (χ0) is 18.5. The quantitative estimate of drug-likeness (QED) is 0.674. The van der Waals surface area contributed by atoms with Gasteiger partial charge in [0.2, 0.25) is 0 Å². The van der Waals surface area contributed by atoms with E-state index >= 15 is 0 Å². The molecular weight excluding hydrogens is 350 g/mol. The molecule has 3 aromatic rings. The van der Waals surface area contributed by atoms with Crippen LogP contribution in [0.25, 0.3) is 10.8 Å². The summed E-state index contributed by atoms with van der Waals surface area (Å²) in [4.78, 5) is 24.5. The van der Waals surface area contributed by atoms with Gasteiger partial charge in [0.15, 0.2) is 6.61 Å². The average Bonchev–Trinajstić information content (AvgIpc) is 2.66. The number of amides is 1. The van der Waals surface area contributed by atoms with E-state index in [4.69, 9.17) is 16.3 Å². The second-order valence-corrected chi connectivity index (χ2v) is 6.32. The number of carbonyl (C=O) groups excluding carboxylic acids is 2. The largest absolute Gasteiger partial charge is 0.452 e. The van der Waals surface area contributed by atoms with Crippen molar-refractivity contribution >= 4 is 34.2 Å². The first-order chi connectivity index (χ1) is 12.6. The number of nitrogens with one attached hydrogen (secondary N) is 1. The average molecular weight is 368 g/mol. The molecule has 0 fully saturated rings. The number of fused-ring (bicyclic) bond motifs is 1. The van der Waals surface area contributed by atoms with Crippen LogP contribution in [0, 0.1) is 0 Å². The fourth-order valence-corrected chi connectivity index (χ4v) is 3.10. The standard InChI is InChI=1S/C21H18ClNO3/c1-14(16-9-4-5-12-19(16)22)23-20(24)13-26-21(25)18-11-6-8-15-7-2-3-10-17(15)18/h2-12,14H,13H2,1H3,(H,23,24)/t14-/m0/s1. The van der Waals surface area contributed by atoms with Crippen LogP contribution in [0.1, 0.15) is 28.9 Å². The molecule has 0 radical (unpaired) electrons. The van der Waals surface area contributed by atoms with Crippen LogP contribution in [-0.2, 0) is 9.53 Å². The maximum atomic E-state index is 12.3. The van der Waals surface area contributed by atoms with Crippen molar-refractivity contribution in [3.8, 4) is 0 Å². The molecule has 0 saturated heterocycles. The maximum absolute atomic E-state index is 12.3. The highest BCUT2D eigenvalue weighted by Gasteiger charge is 2.16. The van der Waals surface area contributed by atoms with E-state index in [1.54, 1.807) is 18.2 Å². The number of halogens is 1. The Morgan fingerprint density at radius 3 is 2.50 bits per heavy atom. The Labute approximate surface area is 156 Å². The molecule has 0 aliphatic carbocycles. The number of hydrogen-bond acceptors (Lipinski definition) is 3. The van der Waals surface area contributed by atoms with Crippen molar-refractivity contribution in [1.29, 1.82) is 0 Å². The first-order valence-corrected chi connectivity index (χ1v) is 8.62. The van der Waals surface area contributed by atoms with Crippen LogP contribution in [0.15, 0.2) is 66.7 Å². The van der Waals surface area contributed by atoms with Crippen molar-refractivity contribution in [2.75, 3.05) is 6.61 Å². The highest BCUT2D eigenvalue weighted by molar-refractivity contribution is 6.31. The second-order valence-electron chi connectivity index (χ2n) is 5.91. The molecule has 0 heterocycles. The molecule has 4 nitrogen and oxygen atoms in total. The molecule has 1 N–H and O–H groups in total. The van der Waals surface area contributed by atoms with Gasteiger partial charge in [-0.2, -0.15) is 0 Å². The third-order valence-electron chi connectivity index (χ3n) is 4.09. The highest BCUT2D eigenvalue weighted by atomic mass is 35.5. The lowest BCUT2D eigenvalue weighted by molar-refractivity contribution is -0.124. The molecule has 0 unspecified atom stereocenters. The second kappa shape index (κ2) is 8.02.